The first-order chi connectivity index (χ1) is 6.66. The highest BCUT2D eigenvalue weighted by Gasteiger charge is 1.96. The van der Waals surface area contributed by atoms with Gasteiger partial charge in [0.05, 0.1) is 0 Å². The number of hydrogen-bond donors (Lipinski definition) is 2. The molecule has 0 aromatic rings. The van der Waals surface area contributed by atoms with Crippen LogP contribution in [-0.4, -0.2) is 29.7 Å². The van der Waals surface area contributed by atoms with Gasteiger partial charge in [0.2, 0.25) is 0 Å². The van der Waals surface area contributed by atoms with Gasteiger partial charge >= 0.3 is 0 Å². The van der Waals surface area contributed by atoms with E-state index in [9.17, 15) is 0 Å². The zero-order valence-electron chi connectivity index (χ0n) is 9.43. The molecule has 0 spiro atoms. The highest BCUT2D eigenvalue weighted by molar-refractivity contribution is 7.98. The molecule has 0 aliphatic carbocycles. The Bertz CT molecular complexity index is 149. The van der Waals surface area contributed by atoms with Crippen molar-refractivity contribution in [3.63, 3.8) is 0 Å². The summed E-state index contributed by atoms with van der Waals surface area (Å²) < 4.78 is 0. The first kappa shape index (κ1) is 14.0. The normalized spacial score (nSPS) is 10.3. The molecule has 0 aromatic heterocycles. The largest absolute Gasteiger partial charge is 0.363 e. The van der Waals surface area contributed by atoms with Gasteiger partial charge in [0.25, 0.3) is 0 Å². The molecule has 0 radical (unpaired) electrons. The molecule has 0 amide bonds. The minimum atomic E-state index is 0.423. The van der Waals surface area contributed by atoms with Gasteiger partial charge in [0.1, 0.15) is 0 Å². The van der Waals surface area contributed by atoms with Crippen LogP contribution in [0, 0.1) is 0 Å². The van der Waals surface area contributed by atoms with Crippen molar-refractivity contribution in [2.24, 2.45) is 0 Å². The summed E-state index contributed by atoms with van der Waals surface area (Å²) in [4.78, 5) is 0. The van der Waals surface area contributed by atoms with Gasteiger partial charge in [-0.1, -0.05) is 6.42 Å². The average Bonchev–Trinajstić information content (AvgIpc) is 2.10. The Balaban J connectivity index is 3.15. The van der Waals surface area contributed by atoms with Crippen molar-refractivity contribution < 1.29 is 0 Å². The van der Waals surface area contributed by atoms with Gasteiger partial charge in [-0.05, 0) is 50.9 Å². The molecule has 0 saturated carbocycles. The maximum Gasteiger partial charge on any atom is 0.166 e. The Hall–Kier alpha value is 0.0400. The third-order valence-corrected chi connectivity index (χ3v) is 2.69. The Kier molecular flexibility index (Phi) is 9.62. The Morgan fingerprint density at radius 3 is 2.57 bits per heavy atom. The summed E-state index contributed by atoms with van der Waals surface area (Å²) in [7, 11) is 0. The Morgan fingerprint density at radius 2 is 2.00 bits per heavy atom. The van der Waals surface area contributed by atoms with Gasteiger partial charge in [-0.3, -0.25) is 0 Å². The summed E-state index contributed by atoms with van der Waals surface area (Å²) in [6.45, 7) is 5.17. The molecule has 14 heavy (non-hydrogen) atoms. The van der Waals surface area contributed by atoms with Gasteiger partial charge in [0, 0.05) is 12.6 Å². The molecule has 0 saturated heterocycles. The lowest BCUT2D eigenvalue weighted by Gasteiger charge is -2.12. The van der Waals surface area contributed by atoms with Crippen LogP contribution in [0.2, 0.25) is 0 Å². The third-order valence-electron chi connectivity index (χ3n) is 1.73. The Labute approximate surface area is 97.6 Å². The van der Waals surface area contributed by atoms with E-state index in [-0.39, 0.29) is 0 Å². The summed E-state index contributed by atoms with van der Waals surface area (Å²) in [6, 6.07) is 0.423. The van der Waals surface area contributed by atoms with E-state index >= 15 is 0 Å². The van der Waals surface area contributed by atoms with E-state index in [2.05, 4.69) is 30.7 Å². The molecular formula is C10H22N2S2. The molecule has 0 heterocycles. The van der Waals surface area contributed by atoms with Crippen molar-refractivity contribution in [1.29, 1.82) is 0 Å². The molecule has 0 unspecified atom stereocenters. The molecule has 4 heteroatoms. The first-order valence-corrected chi connectivity index (χ1v) is 7.00. The van der Waals surface area contributed by atoms with Crippen LogP contribution >= 0.6 is 24.0 Å². The van der Waals surface area contributed by atoms with Crippen LogP contribution in [-0.2, 0) is 0 Å². The summed E-state index contributed by atoms with van der Waals surface area (Å²) in [5.41, 5.74) is 0. The molecule has 0 aliphatic rings. The van der Waals surface area contributed by atoms with Crippen LogP contribution in [0.25, 0.3) is 0 Å². The van der Waals surface area contributed by atoms with Gasteiger partial charge in [-0.25, -0.2) is 0 Å². The number of hydrogen-bond acceptors (Lipinski definition) is 2. The molecule has 0 aliphatic heterocycles. The van der Waals surface area contributed by atoms with Crippen LogP contribution in [0.5, 0.6) is 0 Å². The highest BCUT2D eigenvalue weighted by Crippen LogP contribution is 2.01. The summed E-state index contributed by atoms with van der Waals surface area (Å²) in [5, 5.41) is 7.15. The van der Waals surface area contributed by atoms with E-state index in [1.807, 2.05) is 11.8 Å². The lowest BCUT2D eigenvalue weighted by molar-refractivity contribution is 0.672. The van der Waals surface area contributed by atoms with Crippen molar-refractivity contribution in [2.45, 2.75) is 39.2 Å². The molecule has 0 aromatic carbocycles. The van der Waals surface area contributed by atoms with E-state index in [0.717, 1.165) is 11.7 Å². The smallest absolute Gasteiger partial charge is 0.166 e. The predicted octanol–water partition coefficient (Wildman–Crippen LogP) is 2.39. The molecule has 0 fully saturated rings. The topological polar surface area (TPSA) is 24.1 Å². The van der Waals surface area contributed by atoms with E-state index in [4.69, 9.17) is 12.2 Å². The van der Waals surface area contributed by atoms with Crippen molar-refractivity contribution in [2.75, 3.05) is 18.6 Å². The molecule has 0 bridgehead atoms. The second-order valence-corrected chi connectivity index (χ2v) is 5.00. The SMILES string of the molecule is CSCCCCCNC(=S)NC(C)C. The summed E-state index contributed by atoms with van der Waals surface area (Å²) in [6.07, 6.45) is 5.96. The van der Waals surface area contributed by atoms with Gasteiger partial charge < -0.3 is 10.6 Å². The van der Waals surface area contributed by atoms with Gasteiger partial charge in [-0.15, -0.1) is 0 Å². The van der Waals surface area contributed by atoms with Crippen LogP contribution < -0.4 is 10.6 Å². The minimum Gasteiger partial charge on any atom is -0.363 e. The average molecular weight is 234 g/mol. The van der Waals surface area contributed by atoms with Crippen LogP contribution in [0.1, 0.15) is 33.1 Å². The van der Waals surface area contributed by atoms with E-state index in [0.29, 0.717) is 6.04 Å². The number of thioether (sulfide) groups is 1. The standard InChI is InChI=1S/C10H22N2S2/c1-9(2)12-10(13)11-7-5-4-6-8-14-3/h9H,4-8H2,1-3H3,(H2,11,12,13). The van der Waals surface area contributed by atoms with Crippen LogP contribution in [0.4, 0.5) is 0 Å². The third kappa shape index (κ3) is 10.1. The van der Waals surface area contributed by atoms with Crippen molar-refractivity contribution in [3.8, 4) is 0 Å². The summed E-state index contributed by atoms with van der Waals surface area (Å²) in [5.74, 6) is 1.27. The van der Waals surface area contributed by atoms with E-state index in [1.54, 1.807) is 0 Å². The molecule has 2 nitrogen and oxygen atoms in total. The fourth-order valence-electron chi connectivity index (χ4n) is 1.06. The molecule has 84 valence electrons. The van der Waals surface area contributed by atoms with Crippen molar-refractivity contribution in [3.05, 3.63) is 0 Å². The van der Waals surface area contributed by atoms with E-state index < -0.39 is 0 Å². The quantitative estimate of drug-likeness (QED) is 0.522. The minimum absolute atomic E-state index is 0.423. The molecule has 2 N–H and O–H groups in total. The second-order valence-electron chi connectivity index (χ2n) is 3.61. The molecule has 0 atom stereocenters. The first-order valence-electron chi connectivity index (χ1n) is 5.20. The number of rotatable bonds is 7. The summed E-state index contributed by atoms with van der Waals surface area (Å²) >= 11 is 7.02. The fourth-order valence-corrected chi connectivity index (χ4v) is 1.89. The maximum atomic E-state index is 5.10. The molecular weight excluding hydrogens is 212 g/mol. The lowest BCUT2D eigenvalue weighted by atomic mass is 10.2. The predicted molar refractivity (Wildman–Crippen MR) is 71.1 cm³/mol. The molecule has 0 rings (SSSR count). The number of thiocarbonyl (C=S) groups is 1. The fraction of sp³-hybridized carbons (Fsp3) is 0.900. The zero-order chi connectivity index (χ0) is 10.8. The van der Waals surface area contributed by atoms with Crippen molar-refractivity contribution >= 4 is 29.1 Å². The Morgan fingerprint density at radius 1 is 1.29 bits per heavy atom. The lowest BCUT2D eigenvalue weighted by Crippen LogP contribution is -2.39. The highest BCUT2D eigenvalue weighted by atomic mass is 32.2. The van der Waals surface area contributed by atoms with Crippen LogP contribution in [0.15, 0.2) is 0 Å². The van der Waals surface area contributed by atoms with Crippen molar-refractivity contribution in [1.82, 2.24) is 10.6 Å². The zero-order valence-corrected chi connectivity index (χ0v) is 11.1. The van der Waals surface area contributed by atoms with Crippen LogP contribution in [0.3, 0.4) is 0 Å². The maximum absolute atomic E-state index is 5.10. The number of unbranched alkanes of at least 4 members (excludes halogenated alkanes) is 2. The monoisotopic (exact) mass is 234 g/mol. The van der Waals surface area contributed by atoms with E-state index in [1.165, 1.54) is 25.0 Å². The second kappa shape index (κ2) is 9.59. The number of nitrogens with one attached hydrogen (secondary N) is 2. The van der Waals surface area contributed by atoms with Gasteiger partial charge in [0.15, 0.2) is 5.11 Å². The van der Waals surface area contributed by atoms with Gasteiger partial charge in [-0.2, -0.15) is 11.8 Å².